The van der Waals surface area contributed by atoms with Gasteiger partial charge in [-0.15, -0.1) is 0 Å². The Hall–Kier alpha value is -1.85. The molecule has 1 saturated heterocycles. The van der Waals surface area contributed by atoms with Crippen LogP contribution in [0.3, 0.4) is 0 Å². The van der Waals surface area contributed by atoms with Crippen molar-refractivity contribution in [3.8, 4) is 0 Å². The van der Waals surface area contributed by atoms with E-state index < -0.39 is 5.97 Å². The summed E-state index contributed by atoms with van der Waals surface area (Å²) < 4.78 is 8.94. The van der Waals surface area contributed by atoms with E-state index in [-0.39, 0.29) is 18.5 Å². The first-order chi connectivity index (χ1) is 9.51. The van der Waals surface area contributed by atoms with Gasteiger partial charge in [-0.25, -0.2) is 4.79 Å². The highest BCUT2D eigenvalue weighted by molar-refractivity contribution is 5.81. The van der Waals surface area contributed by atoms with Crippen molar-refractivity contribution in [3.05, 3.63) is 12.7 Å². The zero-order chi connectivity index (χ0) is 15.4. The Kier molecular flexibility index (Phi) is 10.00. The Labute approximate surface area is 119 Å². The van der Waals surface area contributed by atoms with Crippen LogP contribution in [0.1, 0.15) is 32.6 Å². The highest BCUT2D eigenvalue weighted by Crippen LogP contribution is 2.10. The summed E-state index contributed by atoms with van der Waals surface area (Å²) in [4.78, 5) is 33.6. The van der Waals surface area contributed by atoms with Crippen molar-refractivity contribution in [2.45, 2.75) is 32.6 Å². The van der Waals surface area contributed by atoms with Crippen LogP contribution in [0.2, 0.25) is 0 Å². The lowest BCUT2D eigenvalue weighted by Crippen LogP contribution is -2.33. The number of hydrogen-bond acceptors (Lipinski definition) is 5. The number of ether oxygens (including phenoxy) is 2. The quantitative estimate of drug-likeness (QED) is 0.575. The second-order valence-electron chi connectivity index (χ2n) is 4.26. The SMILES string of the molecule is C=CC(=O)OCCN1CCCCCC1=O.COC(C)=O. The van der Waals surface area contributed by atoms with Crippen LogP contribution in [0.25, 0.3) is 0 Å². The molecular weight excluding hydrogens is 262 g/mol. The number of hydrogen-bond donors (Lipinski definition) is 0. The van der Waals surface area contributed by atoms with E-state index in [1.807, 2.05) is 0 Å². The number of rotatable bonds is 4. The first kappa shape index (κ1) is 18.1. The standard InChI is InChI=1S/C11H17NO3.C3H6O2/c1-2-11(14)15-9-8-12-7-5-3-4-6-10(12)13;1-3(4)5-2/h2H,1,3-9H2;1-2H3. The van der Waals surface area contributed by atoms with Gasteiger partial charge in [-0.2, -0.15) is 0 Å². The maximum absolute atomic E-state index is 11.5. The van der Waals surface area contributed by atoms with Gasteiger partial charge in [-0.3, -0.25) is 9.59 Å². The third kappa shape index (κ3) is 9.13. The predicted molar refractivity (Wildman–Crippen MR) is 73.9 cm³/mol. The molecule has 1 rings (SSSR count). The Morgan fingerprint density at radius 2 is 2.00 bits per heavy atom. The summed E-state index contributed by atoms with van der Waals surface area (Å²) in [5, 5.41) is 0. The Balaban J connectivity index is 0.000000621. The third-order valence-corrected chi connectivity index (χ3v) is 2.73. The van der Waals surface area contributed by atoms with E-state index in [1.165, 1.54) is 14.0 Å². The number of carbonyl (C=O) groups excluding carboxylic acids is 3. The lowest BCUT2D eigenvalue weighted by molar-refractivity contribution is -0.140. The van der Waals surface area contributed by atoms with Gasteiger partial charge in [-0.1, -0.05) is 13.0 Å². The van der Waals surface area contributed by atoms with Crippen LogP contribution >= 0.6 is 0 Å². The summed E-state index contributed by atoms with van der Waals surface area (Å²) in [7, 11) is 1.35. The summed E-state index contributed by atoms with van der Waals surface area (Å²) in [5.41, 5.74) is 0. The molecule has 1 aliphatic rings. The van der Waals surface area contributed by atoms with Crippen LogP contribution in [0, 0.1) is 0 Å². The van der Waals surface area contributed by atoms with Crippen LogP contribution in [-0.4, -0.2) is 49.6 Å². The van der Waals surface area contributed by atoms with Crippen molar-refractivity contribution in [1.82, 2.24) is 4.90 Å². The van der Waals surface area contributed by atoms with Crippen LogP contribution < -0.4 is 0 Å². The summed E-state index contributed by atoms with van der Waals surface area (Å²) in [6.45, 7) is 6.20. The molecule has 0 saturated carbocycles. The first-order valence-corrected chi connectivity index (χ1v) is 6.62. The van der Waals surface area contributed by atoms with Crippen molar-refractivity contribution in [3.63, 3.8) is 0 Å². The summed E-state index contributed by atoms with van der Waals surface area (Å²) in [6.07, 6.45) is 4.87. The summed E-state index contributed by atoms with van der Waals surface area (Å²) in [6, 6.07) is 0. The van der Waals surface area contributed by atoms with Gasteiger partial charge in [0.2, 0.25) is 5.91 Å². The minimum Gasteiger partial charge on any atom is -0.469 e. The highest BCUT2D eigenvalue weighted by Gasteiger charge is 2.16. The van der Waals surface area contributed by atoms with E-state index in [4.69, 9.17) is 4.74 Å². The van der Waals surface area contributed by atoms with Crippen molar-refractivity contribution in [2.24, 2.45) is 0 Å². The molecule has 0 aliphatic carbocycles. The third-order valence-electron chi connectivity index (χ3n) is 2.73. The molecule has 1 aliphatic heterocycles. The van der Waals surface area contributed by atoms with E-state index in [2.05, 4.69) is 11.3 Å². The average molecular weight is 285 g/mol. The molecule has 0 bridgehead atoms. The van der Waals surface area contributed by atoms with E-state index in [9.17, 15) is 14.4 Å². The number of methoxy groups -OCH3 is 1. The number of esters is 2. The van der Waals surface area contributed by atoms with Crippen LogP contribution in [0.5, 0.6) is 0 Å². The van der Waals surface area contributed by atoms with Gasteiger partial charge < -0.3 is 14.4 Å². The van der Waals surface area contributed by atoms with Gasteiger partial charge in [0, 0.05) is 26.0 Å². The zero-order valence-electron chi connectivity index (χ0n) is 12.2. The second kappa shape index (κ2) is 11.0. The maximum Gasteiger partial charge on any atom is 0.330 e. The second-order valence-corrected chi connectivity index (χ2v) is 4.26. The van der Waals surface area contributed by atoms with Crippen molar-refractivity contribution < 1.29 is 23.9 Å². The van der Waals surface area contributed by atoms with E-state index in [0.29, 0.717) is 13.0 Å². The number of likely N-dealkylation sites (tertiary alicyclic amines) is 1. The normalized spacial score (nSPS) is 14.5. The zero-order valence-corrected chi connectivity index (χ0v) is 12.2. The molecule has 0 atom stereocenters. The molecule has 0 aromatic carbocycles. The molecule has 0 unspecified atom stereocenters. The molecule has 20 heavy (non-hydrogen) atoms. The van der Waals surface area contributed by atoms with Crippen molar-refractivity contribution in [1.29, 1.82) is 0 Å². The van der Waals surface area contributed by atoms with Gasteiger partial charge in [0.15, 0.2) is 0 Å². The molecule has 0 radical (unpaired) electrons. The molecule has 0 aromatic heterocycles. The fraction of sp³-hybridized carbons (Fsp3) is 0.643. The first-order valence-electron chi connectivity index (χ1n) is 6.62. The van der Waals surface area contributed by atoms with E-state index in [1.54, 1.807) is 4.90 Å². The lowest BCUT2D eigenvalue weighted by atomic mass is 10.2. The fourth-order valence-electron chi connectivity index (χ4n) is 1.59. The van der Waals surface area contributed by atoms with Crippen molar-refractivity contribution >= 4 is 17.8 Å². The molecular formula is C14H23NO5. The predicted octanol–water partition coefficient (Wildman–Crippen LogP) is 1.30. The molecule has 1 amide bonds. The van der Waals surface area contributed by atoms with Crippen LogP contribution in [0.4, 0.5) is 0 Å². The molecule has 1 fully saturated rings. The molecule has 6 heteroatoms. The summed E-state index contributed by atoms with van der Waals surface area (Å²) in [5.74, 6) is -0.510. The van der Waals surface area contributed by atoms with Gasteiger partial charge >= 0.3 is 11.9 Å². The maximum atomic E-state index is 11.5. The monoisotopic (exact) mass is 285 g/mol. The number of amides is 1. The Morgan fingerprint density at radius 1 is 1.35 bits per heavy atom. The van der Waals surface area contributed by atoms with E-state index >= 15 is 0 Å². The summed E-state index contributed by atoms with van der Waals surface area (Å²) >= 11 is 0. The lowest BCUT2D eigenvalue weighted by Gasteiger charge is -2.19. The van der Waals surface area contributed by atoms with Gasteiger partial charge in [-0.05, 0) is 12.8 Å². The average Bonchev–Trinajstić information content (AvgIpc) is 2.64. The molecule has 114 valence electrons. The van der Waals surface area contributed by atoms with Gasteiger partial charge in [0.05, 0.1) is 13.7 Å². The molecule has 0 aromatic rings. The fourth-order valence-corrected chi connectivity index (χ4v) is 1.59. The number of carbonyl (C=O) groups is 3. The Morgan fingerprint density at radius 3 is 2.55 bits per heavy atom. The highest BCUT2D eigenvalue weighted by atomic mass is 16.5. The minimum absolute atomic E-state index is 0.169. The largest absolute Gasteiger partial charge is 0.469 e. The van der Waals surface area contributed by atoms with Crippen molar-refractivity contribution in [2.75, 3.05) is 26.8 Å². The van der Waals surface area contributed by atoms with Gasteiger partial charge in [0.1, 0.15) is 6.61 Å². The molecule has 0 spiro atoms. The smallest absolute Gasteiger partial charge is 0.330 e. The molecule has 0 N–H and O–H groups in total. The van der Waals surface area contributed by atoms with Crippen LogP contribution in [-0.2, 0) is 23.9 Å². The van der Waals surface area contributed by atoms with Gasteiger partial charge in [0.25, 0.3) is 0 Å². The number of nitrogens with zero attached hydrogens (tertiary/aromatic N) is 1. The Bertz CT molecular complexity index is 340. The molecule has 6 nitrogen and oxygen atoms in total. The van der Waals surface area contributed by atoms with Crippen LogP contribution in [0.15, 0.2) is 12.7 Å². The topological polar surface area (TPSA) is 72.9 Å². The minimum atomic E-state index is -0.433. The molecule has 1 heterocycles. The van der Waals surface area contributed by atoms with E-state index in [0.717, 1.165) is 31.9 Å².